The lowest BCUT2D eigenvalue weighted by Crippen LogP contribution is -2.54. The molecule has 3 rings (SSSR count). The van der Waals surface area contributed by atoms with E-state index in [2.05, 4.69) is 10.3 Å². The number of hydrogen-bond acceptors (Lipinski definition) is 6. The molecule has 118 valence electrons. The van der Waals surface area contributed by atoms with Crippen molar-refractivity contribution in [3.63, 3.8) is 0 Å². The van der Waals surface area contributed by atoms with Gasteiger partial charge < -0.3 is 4.90 Å². The van der Waals surface area contributed by atoms with Gasteiger partial charge in [0.25, 0.3) is 5.91 Å². The lowest BCUT2D eigenvalue weighted by atomic mass is 10.2. The number of carbonyl (C=O) groups is 1. The van der Waals surface area contributed by atoms with Crippen LogP contribution in [0.1, 0.15) is 23.5 Å². The zero-order valence-electron chi connectivity index (χ0n) is 12.2. The van der Waals surface area contributed by atoms with Crippen LogP contribution in [0.4, 0.5) is 0 Å². The van der Waals surface area contributed by atoms with Gasteiger partial charge in [-0.25, -0.2) is 13.1 Å². The molecule has 1 aliphatic heterocycles. The Bertz CT molecular complexity index is 782. The van der Waals surface area contributed by atoms with Gasteiger partial charge in [-0.05, 0) is 25.3 Å². The number of thiophene rings is 1. The van der Waals surface area contributed by atoms with E-state index in [1.54, 1.807) is 41.9 Å². The van der Waals surface area contributed by atoms with E-state index in [4.69, 9.17) is 0 Å². The summed E-state index contributed by atoms with van der Waals surface area (Å²) in [7, 11) is -3.12. The van der Waals surface area contributed by atoms with Crippen LogP contribution in [0.5, 0.6) is 0 Å². The van der Waals surface area contributed by atoms with E-state index in [0.717, 1.165) is 0 Å². The maximum absolute atomic E-state index is 12.8. The highest BCUT2D eigenvalue weighted by Gasteiger charge is 2.39. The van der Waals surface area contributed by atoms with Crippen molar-refractivity contribution in [1.82, 2.24) is 19.9 Å². The van der Waals surface area contributed by atoms with Gasteiger partial charge in [0.15, 0.2) is 9.84 Å². The highest BCUT2D eigenvalue weighted by molar-refractivity contribution is 7.92. The molecule has 2 unspecified atom stereocenters. The molecule has 9 heteroatoms. The molecule has 0 bridgehead atoms. The summed E-state index contributed by atoms with van der Waals surface area (Å²) >= 11 is 1.32. The fraction of sp³-hybridized carbons (Fsp3) is 0.462. The lowest BCUT2D eigenvalue weighted by Gasteiger charge is -2.37. The maximum Gasteiger partial charge on any atom is 0.266 e. The monoisotopic (exact) mass is 340 g/mol. The van der Waals surface area contributed by atoms with Crippen molar-refractivity contribution >= 4 is 27.1 Å². The summed E-state index contributed by atoms with van der Waals surface area (Å²) in [6, 6.07) is 1.46. The second kappa shape index (κ2) is 5.47. The van der Waals surface area contributed by atoms with Crippen LogP contribution in [0.3, 0.4) is 0 Å². The quantitative estimate of drug-likeness (QED) is 0.813. The van der Waals surface area contributed by atoms with Crippen LogP contribution in [0.15, 0.2) is 23.8 Å². The molecule has 0 radical (unpaired) electrons. The third-order valence-corrected chi connectivity index (χ3v) is 7.29. The molecule has 0 N–H and O–H groups in total. The Hall–Kier alpha value is -1.74. The summed E-state index contributed by atoms with van der Waals surface area (Å²) in [4.78, 5) is 15.0. The average molecular weight is 340 g/mol. The number of hydrogen-bond donors (Lipinski definition) is 0. The Kier molecular flexibility index (Phi) is 3.77. The summed E-state index contributed by atoms with van der Waals surface area (Å²) in [6.07, 6.45) is 3.22. The predicted molar refractivity (Wildman–Crippen MR) is 83.0 cm³/mol. The molecule has 0 saturated carbocycles. The Morgan fingerprint density at radius 3 is 2.86 bits per heavy atom. The zero-order valence-corrected chi connectivity index (χ0v) is 13.8. The van der Waals surface area contributed by atoms with Crippen LogP contribution in [0, 0.1) is 0 Å². The van der Waals surface area contributed by atoms with Crippen molar-refractivity contribution in [2.75, 3.05) is 12.3 Å². The van der Waals surface area contributed by atoms with Gasteiger partial charge in [-0.15, -0.1) is 16.4 Å². The highest BCUT2D eigenvalue weighted by Crippen LogP contribution is 2.26. The lowest BCUT2D eigenvalue weighted by molar-refractivity contribution is 0.0698. The van der Waals surface area contributed by atoms with Crippen molar-refractivity contribution in [2.24, 2.45) is 0 Å². The molecule has 7 nitrogen and oxygen atoms in total. The number of carbonyl (C=O) groups excluding carboxylic acids is 1. The zero-order chi connectivity index (χ0) is 15.9. The van der Waals surface area contributed by atoms with E-state index in [-0.39, 0.29) is 24.2 Å². The molecule has 0 aliphatic carbocycles. The minimum absolute atomic E-state index is 0.00821. The van der Waals surface area contributed by atoms with Gasteiger partial charge in [0, 0.05) is 12.6 Å². The average Bonchev–Trinajstić information content (AvgIpc) is 3.14. The number of amides is 1. The molecule has 2 aromatic heterocycles. The fourth-order valence-corrected chi connectivity index (χ4v) is 4.97. The molecule has 1 fully saturated rings. The number of nitrogens with zero attached hydrogens (tertiary/aromatic N) is 4. The molecule has 0 aromatic carbocycles. The van der Waals surface area contributed by atoms with Crippen molar-refractivity contribution in [1.29, 1.82) is 0 Å². The molecule has 1 amide bonds. The second-order valence-electron chi connectivity index (χ2n) is 5.29. The van der Waals surface area contributed by atoms with Crippen LogP contribution in [-0.2, 0) is 9.84 Å². The number of sulfone groups is 1. The first kappa shape index (κ1) is 15.2. The summed E-state index contributed by atoms with van der Waals surface area (Å²) in [5, 5.41) is 8.92. The van der Waals surface area contributed by atoms with Gasteiger partial charge in [-0.3, -0.25) is 4.79 Å². The summed E-state index contributed by atoms with van der Waals surface area (Å²) in [5.41, 5.74) is 0.667. The standard InChI is InChI=1S/C13H16N4O3S2/c1-9-10(2)22(19,20)8-6-16(9)13(18)12-11(3-7-21-12)17-5-4-14-15-17/h3-5,7,9-10H,6,8H2,1-2H3. The second-order valence-corrected chi connectivity index (χ2v) is 8.69. The number of rotatable bonds is 2. The van der Waals surface area contributed by atoms with Crippen LogP contribution < -0.4 is 0 Å². The van der Waals surface area contributed by atoms with Gasteiger partial charge in [0.1, 0.15) is 4.88 Å². The first-order chi connectivity index (χ1) is 10.4. The van der Waals surface area contributed by atoms with Crippen LogP contribution in [0.25, 0.3) is 5.69 Å². The van der Waals surface area contributed by atoms with E-state index in [1.165, 1.54) is 11.3 Å². The molecule has 3 heterocycles. The molecule has 2 atom stereocenters. The molecule has 1 saturated heterocycles. The Morgan fingerprint density at radius 1 is 1.41 bits per heavy atom. The van der Waals surface area contributed by atoms with Crippen molar-refractivity contribution in [3.8, 4) is 5.69 Å². The first-order valence-corrected chi connectivity index (χ1v) is 9.48. The highest BCUT2D eigenvalue weighted by atomic mass is 32.2. The molecular formula is C13H16N4O3S2. The van der Waals surface area contributed by atoms with Gasteiger partial charge >= 0.3 is 0 Å². The Labute approximate surface area is 132 Å². The smallest absolute Gasteiger partial charge is 0.266 e. The topological polar surface area (TPSA) is 85.2 Å². The fourth-order valence-electron chi connectivity index (χ4n) is 2.57. The maximum atomic E-state index is 12.8. The van der Waals surface area contributed by atoms with E-state index in [1.807, 2.05) is 5.38 Å². The Balaban J connectivity index is 1.91. The van der Waals surface area contributed by atoms with Gasteiger partial charge in [0.05, 0.1) is 29.1 Å². The molecule has 22 heavy (non-hydrogen) atoms. The largest absolute Gasteiger partial charge is 0.333 e. The van der Waals surface area contributed by atoms with E-state index >= 15 is 0 Å². The number of aromatic nitrogens is 3. The van der Waals surface area contributed by atoms with E-state index in [9.17, 15) is 13.2 Å². The third-order valence-electron chi connectivity index (χ3n) is 4.12. The van der Waals surface area contributed by atoms with Crippen LogP contribution in [0.2, 0.25) is 0 Å². The molecule has 1 aliphatic rings. The van der Waals surface area contributed by atoms with E-state index in [0.29, 0.717) is 10.6 Å². The molecular weight excluding hydrogens is 324 g/mol. The van der Waals surface area contributed by atoms with Gasteiger partial charge in [-0.1, -0.05) is 5.21 Å². The van der Waals surface area contributed by atoms with Crippen LogP contribution in [-0.4, -0.2) is 57.8 Å². The Morgan fingerprint density at radius 2 is 2.18 bits per heavy atom. The van der Waals surface area contributed by atoms with Crippen molar-refractivity contribution < 1.29 is 13.2 Å². The van der Waals surface area contributed by atoms with Crippen molar-refractivity contribution in [3.05, 3.63) is 28.7 Å². The van der Waals surface area contributed by atoms with E-state index < -0.39 is 15.1 Å². The van der Waals surface area contributed by atoms with Crippen molar-refractivity contribution in [2.45, 2.75) is 25.1 Å². The summed E-state index contributed by atoms with van der Waals surface area (Å²) < 4.78 is 25.4. The summed E-state index contributed by atoms with van der Waals surface area (Å²) in [6.45, 7) is 3.66. The normalized spacial score (nSPS) is 24.4. The molecule has 0 spiro atoms. The SMILES string of the molecule is CC1C(C)S(=O)(=O)CCN1C(=O)c1sccc1-n1ccnn1. The van der Waals surface area contributed by atoms with Gasteiger partial charge in [-0.2, -0.15) is 0 Å². The first-order valence-electron chi connectivity index (χ1n) is 6.88. The minimum atomic E-state index is -3.12. The van der Waals surface area contributed by atoms with Gasteiger partial charge in [0.2, 0.25) is 0 Å². The van der Waals surface area contributed by atoms with Crippen LogP contribution >= 0.6 is 11.3 Å². The predicted octanol–water partition coefficient (Wildman–Crippen LogP) is 0.976. The summed E-state index contributed by atoms with van der Waals surface area (Å²) in [5.74, 6) is -0.149. The third kappa shape index (κ3) is 2.44. The minimum Gasteiger partial charge on any atom is -0.333 e. The molecule has 2 aromatic rings.